The quantitative estimate of drug-likeness (QED) is 0.498. The molecule has 0 N–H and O–H groups in total. The third-order valence-electron chi connectivity index (χ3n) is 3.32. The van der Waals surface area contributed by atoms with Crippen LogP contribution in [0.15, 0.2) is 12.2 Å². The second-order valence-electron chi connectivity index (χ2n) is 4.50. The van der Waals surface area contributed by atoms with Gasteiger partial charge in [0, 0.05) is 12.0 Å². The van der Waals surface area contributed by atoms with Crippen molar-refractivity contribution in [2.45, 2.75) is 32.1 Å². The standard InChI is InChI=1S/C11H19N/c1-12-9-5-8-11(10-12)6-3-2-4-7-11/h3,6H,2,4-5,7-10H2,1H3. The van der Waals surface area contributed by atoms with E-state index in [1.807, 2.05) is 0 Å². The molecule has 1 aliphatic carbocycles. The topological polar surface area (TPSA) is 3.24 Å². The Kier molecular flexibility index (Phi) is 2.22. The fourth-order valence-corrected chi connectivity index (χ4v) is 2.73. The van der Waals surface area contributed by atoms with Gasteiger partial charge in [-0.15, -0.1) is 0 Å². The lowest BCUT2D eigenvalue weighted by Gasteiger charge is -2.41. The van der Waals surface area contributed by atoms with Crippen molar-refractivity contribution in [3.8, 4) is 0 Å². The van der Waals surface area contributed by atoms with Crippen molar-refractivity contribution in [2.75, 3.05) is 20.1 Å². The van der Waals surface area contributed by atoms with E-state index in [1.54, 1.807) is 0 Å². The number of hydrogen-bond acceptors (Lipinski definition) is 1. The molecule has 2 aliphatic rings. The summed E-state index contributed by atoms with van der Waals surface area (Å²) in [5, 5.41) is 0. The molecule has 0 radical (unpaired) electrons. The van der Waals surface area contributed by atoms with Crippen molar-refractivity contribution in [3.05, 3.63) is 12.2 Å². The van der Waals surface area contributed by atoms with Crippen LogP contribution in [-0.4, -0.2) is 25.0 Å². The van der Waals surface area contributed by atoms with Crippen LogP contribution in [0, 0.1) is 5.41 Å². The first kappa shape index (κ1) is 8.31. The molecule has 1 unspecified atom stereocenters. The van der Waals surface area contributed by atoms with Crippen LogP contribution >= 0.6 is 0 Å². The number of rotatable bonds is 0. The Morgan fingerprint density at radius 3 is 2.75 bits per heavy atom. The van der Waals surface area contributed by atoms with Gasteiger partial charge in [0.1, 0.15) is 0 Å². The van der Waals surface area contributed by atoms with E-state index < -0.39 is 0 Å². The van der Waals surface area contributed by atoms with Crippen LogP contribution in [0.4, 0.5) is 0 Å². The first-order valence-corrected chi connectivity index (χ1v) is 5.17. The normalized spacial score (nSPS) is 37.4. The summed E-state index contributed by atoms with van der Waals surface area (Å²) in [5.74, 6) is 0. The summed E-state index contributed by atoms with van der Waals surface area (Å²) >= 11 is 0. The Hall–Kier alpha value is -0.300. The molecule has 1 heterocycles. The second-order valence-corrected chi connectivity index (χ2v) is 4.50. The Morgan fingerprint density at radius 2 is 2.08 bits per heavy atom. The minimum Gasteiger partial charge on any atom is -0.306 e. The van der Waals surface area contributed by atoms with Gasteiger partial charge in [-0.3, -0.25) is 0 Å². The molecule has 0 bridgehead atoms. The molecular formula is C11H19N. The van der Waals surface area contributed by atoms with Crippen LogP contribution in [0.25, 0.3) is 0 Å². The summed E-state index contributed by atoms with van der Waals surface area (Å²) in [6.07, 6.45) is 11.8. The van der Waals surface area contributed by atoms with Gasteiger partial charge in [0.05, 0.1) is 0 Å². The van der Waals surface area contributed by atoms with Gasteiger partial charge in [-0.05, 0) is 45.7 Å². The molecule has 1 heteroatoms. The molecule has 1 fully saturated rings. The molecule has 1 spiro atoms. The molecule has 1 nitrogen and oxygen atoms in total. The molecule has 1 saturated heterocycles. The van der Waals surface area contributed by atoms with Crippen molar-refractivity contribution in [2.24, 2.45) is 5.41 Å². The zero-order valence-electron chi connectivity index (χ0n) is 8.05. The lowest BCUT2D eigenvalue weighted by Crippen LogP contribution is -2.40. The number of nitrogens with zero attached hydrogens (tertiary/aromatic N) is 1. The molecule has 1 aliphatic heterocycles. The van der Waals surface area contributed by atoms with Gasteiger partial charge in [-0.1, -0.05) is 12.2 Å². The van der Waals surface area contributed by atoms with Crippen LogP contribution < -0.4 is 0 Å². The summed E-state index contributed by atoms with van der Waals surface area (Å²) in [6, 6.07) is 0. The van der Waals surface area contributed by atoms with Crippen LogP contribution in [-0.2, 0) is 0 Å². The minimum absolute atomic E-state index is 0.575. The predicted octanol–water partition coefficient (Wildman–Crippen LogP) is 2.44. The molecule has 68 valence electrons. The Morgan fingerprint density at radius 1 is 1.25 bits per heavy atom. The van der Waals surface area contributed by atoms with Gasteiger partial charge in [-0.25, -0.2) is 0 Å². The van der Waals surface area contributed by atoms with Crippen LogP contribution in [0.5, 0.6) is 0 Å². The third kappa shape index (κ3) is 1.56. The third-order valence-corrected chi connectivity index (χ3v) is 3.32. The molecule has 0 saturated carbocycles. The number of allylic oxidation sites excluding steroid dienone is 1. The SMILES string of the molecule is CN1CCCC2(C=CCCC2)C1. The summed E-state index contributed by atoms with van der Waals surface area (Å²) < 4.78 is 0. The molecular weight excluding hydrogens is 146 g/mol. The van der Waals surface area contributed by atoms with Gasteiger partial charge >= 0.3 is 0 Å². The maximum absolute atomic E-state index is 2.49. The maximum atomic E-state index is 2.49. The van der Waals surface area contributed by atoms with Crippen molar-refractivity contribution in [3.63, 3.8) is 0 Å². The monoisotopic (exact) mass is 165 g/mol. The summed E-state index contributed by atoms with van der Waals surface area (Å²) in [6.45, 7) is 2.60. The highest BCUT2D eigenvalue weighted by atomic mass is 15.1. The van der Waals surface area contributed by atoms with E-state index in [4.69, 9.17) is 0 Å². The molecule has 12 heavy (non-hydrogen) atoms. The van der Waals surface area contributed by atoms with E-state index in [0.29, 0.717) is 5.41 Å². The van der Waals surface area contributed by atoms with Gasteiger partial charge in [0.25, 0.3) is 0 Å². The van der Waals surface area contributed by atoms with Gasteiger partial charge in [0.15, 0.2) is 0 Å². The molecule has 1 atom stereocenters. The minimum atomic E-state index is 0.575. The highest BCUT2D eigenvalue weighted by Gasteiger charge is 2.32. The fraction of sp³-hybridized carbons (Fsp3) is 0.818. The summed E-state index contributed by atoms with van der Waals surface area (Å²) in [5.41, 5.74) is 0.575. The lowest BCUT2D eigenvalue weighted by molar-refractivity contribution is 0.136. The van der Waals surface area contributed by atoms with Crippen LogP contribution in [0.3, 0.4) is 0 Å². The van der Waals surface area contributed by atoms with Crippen LogP contribution in [0.1, 0.15) is 32.1 Å². The van der Waals surface area contributed by atoms with E-state index in [-0.39, 0.29) is 0 Å². The Balaban J connectivity index is 2.07. The highest BCUT2D eigenvalue weighted by Crippen LogP contribution is 2.38. The van der Waals surface area contributed by atoms with Crippen molar-refractivity contribution in [1.82, 2.24) is 4.90 Å². The molecule has 0 aromatic carbocycles. The summed E-state index contributed by atoms with van der Waals surface area (Å²) in [4.78, 5) is 2.49. The smallest absolute Gasteiger partial charge is 0.00696 e. The van der Waals surface area contributed by atoms with Crippen molar-refractivity contribution < 1.29 is 0 Å². The highest BCUT2D eigenvalue weighted by molar-refractivity contribution is 5.06. The molecule has 2 rings (SSSR count). The zero-order chi connectivity index (χ0) is 8.44. The fourth-order valence-electron chi connectivity index (χ4n) is 2.73. The average Bonchev–Trinajstić information content (AvgIpc) is 2.05. The van der Waals surface area contributed by atoms with E-state index >= 15 is 0 Å². The first-order valence-electron chi connectivity index (χ1n) is 5.17. The molecule has 0 aromatic heterocycles. The largest absolute Gasteiger partial charge is 0.306 e. The van der Waals surface area contributed by atoms with Gasteiger partial charge < -0.3 is 4.90 Å². The van der Waals surface area contributed by atoms with Gasteiger partial charge in [0.2, 0.25) is 0 Å². The van der Waals surface area contributed by atoms with Crippen molar-refractivity contribution in [1.29, 1.82) is 0 Å². The predicted molar refractivity (Wildman–Crippen MR) is 52.2 cm³/mol. The number of likely N-dealkylation sites (tertiary alicyclic amines) is 1. The molecule has 0 amide bonds. The maximum Gasteiger partial charge on any atom is 0.00696 e. The molecule has 0 aromatic rings. The summed E-state index contributed by atoms with van der Waals surface area (Å²) in [7, 11) is 2.25. The number of hydrogen-bond donors (Lipinski definition) is 0. The number of piperidine rings is 1. The van der Waals surface area contributed by atoms with E-state index in [9.17, 15) is 0 Å². The van der Waals surface area contributed by atoms with Gasteiger partial charge in [-0.2, -0.15) is 0 Å². The van der Waals surface area contributed by atoms with E-state index in [0.717, 1.165) is 0 Å². The lowest BCUT2D eigenvalue weighted by atomic mass is 9.73. The van der Waals surface area contributed by atoms with E-state index in [2.05, 4.69) is 24.1 Å². The van der Waals surface area contributed by atoms with Crippen molar-refractivity contribution >= 4 is 0 Å². The average molecular weight is 165 g/mol. The first-order chi connectivity index (χ1) is 5.81. The van der Waals surface area contributed by atoms with E-state index in [1.165, 1.54) is 45.2 Å². The second kappa shape index (κ2) is 3.21. The Bertz CT molecular complexity index is 185. The van der Waals surface area contributed by atoms with Crippen LogP contribution in [0.2, 0.25) is 0 Å². The Labute approximate surface area is 75.4 Å². The zero-order valence-corrected chi connectivity index (χ0v) is 8.05.